The summed E-state index contributed by atoms with van der Waals surface area (Å²) in [5, 5.41) is 11.6. The van der Waals surface area contributed by atoms with Crippen molar-refractivity contribution in [3.8, 4) is 0 Å². The molecule has 0 amide bonds. The molecule has 0 aliphatic heterocycles. The van der Waals surface area contributed by atoms with Crippen LogP contribution in [0, 0.1) is 5.41 Å². The molecule has 0 aromatic carbocycles. The topological polar surface area (TPSA) is 91.7 Å². The predicted octanol–water partition coefficient (Wildman–Crippen LogP) is 0.695. The summed E-state index contributed by atoms with van der Waals surface area (Å²) in [6, 6.07) is -0.326. The van der Waals surface area contributed by atoms with Crippen molar-refractivity contribution in [2.75, 3.05) is 20.7 Å². The highest BCUT2D eigenvalue weighted by molar-refractivity contribution is 5.77. The zero-order valence-electron chi connectivity index (χ0n) is 12.0. The second kappa shape index (κ2) is 9.32. The standard InChI is InChI=1S/C12H23N3O4/c1-9(13)15(19-10(2)16)8-6-5-7-11(14-3)12(17)18-4/h11,13-14H,5-8H2,1-4H3/t11-/m0/s1. The minimum atomic E-state index is -0.450. The van der Waals surface area contributed by atoms with E-state index in [1.54, 1.807) is 14.0 Å². The molecule has 0 aromatic rings. The third-order valence-corrected chi connectivity index (χ3v) is 2.55. The number of unbranched alkanes of at least 4 members (excludes halogenated alkanes) is 1. The fraction of sp³-hybridized carbons (Fsp3) is 0.750. The average molecular weight is 273 g/mol. The van der Waals surface area contributed by atoms with Crippen molar-refractivity contribution in [2.24, 2.45) is 0 Å². The van der Waals surface area contributed by atoms with Gasteiger partial charge < -0.3 is 14.9 Å². The van der Waals surface area contributed by atoms with Gasteiger partial charge in [-0.1, -0.05) is 0 Å². The normalized spacial score (nSPS) is 11.6. The van der Waals surface area contributed by atoms with Crippen LogP contribution in [-0.4, -0.2) is 49.6 Å². The van der Waals surface area contributed by atoms with Gasteiger partial charge >= 0.3 is 11.9 Å². The van der Waals surface area contributed by atoms with Crippen LogP contribution in [0.3, 0.4) is 0 Å². The molecule has 0 unspecified atom stereocenters. The van der Waals surface area contributed by atoms with Gasteiger partial charge in [0.05, 0.1) is 13.7 Å². The van der Waals surface area contributed by atoms with E-state index in [0.29, 0.717) is 19.4 Å². The first-order chi connectivity index (χ1) is 8.92. The zero-order valence-corrected chi connectivity index (χ0v) is 12.0. The number of hydrogen-bond acceptors (Lipinski definition) is 6. The Hall–Kier alpha value is -1.63. The molecule has 0 spiro atoms. The van der Waals surface area contributed by atoms with Gasteiger partial charge in [-0.25, -0.2) is 0 Å². The number of methoxy groups -OCH3 is 1. The SMILES string of the molecule is CN[C@@H](CCCCN(OC(C)=O)C(C)=N)C(=O)OC. The molecular formula is C12H23N3O4. The van der Waals surface area contributed by atoms with Crippen LogP contribution in [-0.2, 0) is 19.2 Å². The van der Waals surface area contributed by atoms with E-state index < -0.39 is 5.97 Å². The molecule has 2 N–H and O–H groups in total. The van der Waals surface area contributed by atoms with Crippen LogP contribution < -0.4 is 5.32 Å². The van der Waals surface area contributed by atoms with E-state index in [4.69, 9.17) is 10.2 Å². The number of amidine groups is 1. The second-order valence-electron chi connectivity index (χ2n) is 4.13. The Kier molecular flexibility index (Phi) is 8.52. The maximum absolute atomic E-state index is 11.3. The maximum atomic E-state index is 11.3. The molecular weight excluding hydrogens is 250 g/mol. The van der Waals surface area contributed by atoms with Crippen LogP contribution in [0.5, 0.6) is 0 Å². The van der Waals surface area contributed by atoms with Gasteiger partial charge in [0.25, 0.3) is 0 Å². The lowest BCUT2D eigenvalue weighted by Crippen LogP contribution is -2.35. The lowest BCUT2D eigenvalue weighted by atomic mass is 10.1. The Labute approximate surface area is 113 Å². The quantitative estimate of drug-likeness (QED) is 0.233. The summed E-state index contributed by atoms with van der Waals surface area (Å²) < 4.78 is 4.66. The molecule has 1 atom stereocenters. The minimum Gasteiger partial charge on any atom is -0.468 e. The average Bonchev–Trinajstić information content (AvgIpc) is 2.35. The fourth-order valence-electron chi connectivity index (χ4n) is 1.56. The number of carbonyl (C=O) groups is 2. The van der Waals surface area contributed by atoms with E-state index in [9.17, 15) is 9.59 Å². The van der Waals surface area contributed by atoms with Gasteiger partial charge in [-0.15, -0.1) is 0 Å². The summed E-state index contributed by atoms with van der Waals surface area (Å²) in [5.74, 6) is -0.565. The van der Waals surface area contributed by atoms with Gasteiger partial charge in [-0.2, -0.15) is 5.06 Å². The van der Waals surface area contributed by atoms with Crippen LogP contribution in [0.15, 0.2) is 0 Å². The van der Waals surface area contributed by atoms with E-state index in [-0.39, 0.29) is 17.8 Å². The number of nitrogens with one attached hydrogen (secondary N) is 2. The lowest BCUT2D eigenvalue weighted by Gasteiger charge is -2.21. The fourth-order valence-corrected chi connectivity index (χ4v) is 1.56. The van der Waals surface area contributed by atoms with Gasteiger partial charge in [0.1, 0.15) is 11.9 Å². The van der Waals surface area contributed by atoms with E-state index >= 15 is 0 Å². The van der Waals surface area contributed by atoms with Crippen molar-refractivity contribution in [3.63, 3.8) is 0 Å². The highest BCUT2D eigenvalue weighted by atomic mass is 16.7. The number of nitrogens with zero attached hydrogens (tertiary/aromatic N) is 1. The Morgan fingerprint density at radius 2 is 1.95 bits per heavy atom. The minimum absolute atomic E-state index is 0.174. The van der Waals surface area contributed by atoms with Crippen molar-refractivity contribution in [2.45, 2.75) is 39.2 Å². The van der Waals surface area contributed by atoms with Crippen molar-refractivity contribution in [1.82, 2.24) is 10.4 Å². The van der Waals surface area contributed by atoms with Gasteiger partial charge in [-0.05, 0) is 33.2 Å². The number of likely N-dealkylation sites (N-methyl/N-ethyl adjacent to an activating group) is 1. The van der Waals surface area contributed by atoms with Crippen LogP contribution in [0.1, 0.15) is 33.1 Å². The van der Waals surface area contributed by atoms with Crippen molar-refractivity contribution < 1.29 is 19.2 Å². The predicted molar refractivity (Wildman–Crippen MR) is 70.6 cm³/mol. The molecule has 7 heteroatoms. The summed E-state index contributed by atoms with van der Waals surface area (Å²) in [7, 11) is 3.06. The van der Waals surface area contributed by atoms with Crippen molar-refractivity contribution >= 4 is 17.8 Å². The highest BCUT2D eigenvalue weighted by Gasteiger charge is 2.16. The second-order valence-corrected chi connectivity index (χ2v) is 4.13. The summed E-state index contributed by atoms with van der Waals surface area (Å²) >= 11 is 0. The molecule has 7 nitrogen and oxygen atoms in total. The molecule has 0 aliphatic rings. The van der Waals surface area contributed by atoms with E-state index in [0.717, 1.165) is 6.42 Å². The molecule has 0 fully saturated rings. The largest absolute Gasteiger partial charge is 0.468 e. The number of hydroxylamine groups is 2. The Morgan fingerprint density at radius 3 is 2.37 bits per heavy atom. The number of rotatable bonds is 7. The maximum Gasteiger partial charge on any atom is 0.329 e. The van der Waals surface area contributed by atoms with Gasteiger partial charge in [0.2, 0.25) is 0 Å². The molecule has 0 radical (unpaired) electrons. The third kappa shape index (κ3) is 7.40. The van der Waals surface area contributed by atoms with Crippen LogP contribution in [0.25, 0.3) is 0 Å². The smallest absolute Gasteiger partial charge is 0.329 e. The van der Waals surface area contributed by atoms with E-state index in [2.05, 4.69) is 10.1 Å². The molecule has 0 saturated heterocycles. The number of ether oxygens (including phenoxy) is 1. The molecule has 0 saturated carbocycles. The zero-order chi connectivity index (χ0) is 14.8. The van der Waals surface area contributed by atoms with Gasteiger partial charge in [0, 0.05) is 6.92 Å². The van der Waals surface area contributed by atoms with Gasteiger partial charge in [-0.3, -0.25) is 15.0 Å². The van der Waals surface area contributed by atoms with Crippen molar-refractivity contribution in [1.29, 1.82) is 5.41 Å². The van der Waals surface area contributed by atoms with Crippen LogP contribution in [0.2, 0.25) is 0 Å². The van der Waals surface area contributed by atoms with E-state index in [1.807, 2.05) is 0 Å². The number of carbonyl (C=O) groups excluding carboxylic acids is 2. The molecule has 19 heavy (non-hydrogen) atoms. The van der Waals surface area contributed by atoms with Gasteiger partial charge in [0.15, 0.2) is 0 Å². The van der Waals surface area contributed by atoms with E-state index in [1.165, 1.54) is 19.1 Å². The first-order valence-corrected chi connectivity index (χ1v) is 6.18. The molecule has 0 aromatic heterocycles. The van der Waals surface area contributed by atoms with Crippen LogP contribution in [0.4, 0.5) is 0 Å². The monoisotopic (exact) mass is 273 g/mol. The molecule has 0 rings (SSSR count). The summed E-state index contributed by atoms with van der Waals surface area (Å²) in [6.07, 6.45) is 2.10. The summed E-state index contributed by atoms with van der Waals surface area (Å²) in [4.78, 5) is 27.0. The Bertz CT molecular complexity index is 320. The summed E-state index contributed by atoms with van der Waals surface area (Å²) in [5.41, 5.74) is 0. The molecule has 0 heterocycles. The molecule has 0 bridgehead atoms. The number of hydrogen-bond donors (Lipinski definition) is 2. The lowest BCUT2D eigenvalue weighted by molar-refractivity contribution is -0.170. The number of esters is 1. The third-order valence-electron chi connectivity index (χ3n) is 2.55. The first kappa shape index (κ1) is 17.4. The van der Waals surface area contributed by atoms with Crippen LogP contribution >= 0.6 is 0 Å². The van der Waals surface area contributed by atoms with Crippen molar-refractivity contribution in [3.05, 3.63) is 0 Å². The molecule has 0 aliphatic carbocycles. The first-order valence-electron chi connectivity index (χ1n) is 6.18. The highest BCUT2D eigenvalue weighted by Crippen LogP contribution is 2.05. The summed E-state index contributed by atoms with van der Waals surface area (Å²) in [6.45, 7) is 3.28. The Morgan fingerprint density at radius 1 is 1.32 bits per heavy atom. The molecule has 110 valence electrons. The Balaban J connectivity index is 4.02.